The van der Waals surface area contributed by atoms with Crippen LogP contribution in [-0.2, 0) is 26.2 Å². The lowest BCUT2D eigenvalue weighted by Gasteiger charge is -2.34. The van der Waals surface area contributed by atoms with E-state index >= 15 is 0 Å². The highest BCUT2D eigenvalue weighted by molar-refractivity contribution is 7.92. The van der Waals surface area contributed by atoms with Gasteiger partial charge in [-0.05, 0) is 74.6 Å². The molecule has 0 bridgehead atoms. The molecule has 8 nitrogen and oxygen atoms in total. The first-order chi connectivity index (χ1) is 20.6. The van der Waals surface area contributed by atoms with Crippen molar-refractivity contribution in [3.05, 3.63) is 89.5 Å². The number of nitrogens with zero attached hydrogens (tertiary/aromatic N) is 2. The minimum atomic E-state index is -4.12. The topological polar surface area (TPSA) is 96.0 Å². The molecule has 43 heavy (non-hydrogen) atoms. The van der Waals surface area contributed by atoms with Gasteiger partial charge in [0.2, 0.25) is 11.8 Å². The molecule has 1 fully saturated rings. The maximum Gasteiger partial charge on any atom is 0.264 e. The summed E-state index contributed by atoms with van der Waals surface area (Å²) in [5, 5.41) is 3.18. The number of rotatable bonds is 12. The van der Waals surface area contributed by atoms with Crippen molar-refractivity contribution in [2.45, 2.75) is 82.8 Å². The Kier molecular flexibility index (Phi) is 10.9. The second-order valence-corrected chi connectivity index (χ2v) is 13.1. The molecule has 9 heteroatoms. The van der Waals surface area contributed by atoms with Gasteiger partial charge >= 0.3 is 0 Å². The molecule has 3 aromatic carbocycles. The van der Waals surface area contributed by atoms with E-state index < -0.39 is 28.5 Å². The lowest BCUT2D eigenvalue weighted by Crippen LogP contribution is -2.54. The van der Waals surface area contributed by atoms with Gasteiger partial charge in [0.05, 0.1) is 17.7 Å². The number of sulfonamides is 1. The summed E-state index contributed by atoms with van der Waals surface area (Å²) < 4.78 is 34.7. The maximum atomic E-state index is 14.3. The van der Waals surface area contributed by atoms with Gasteiger partial charge in [-0.25, -0.2) is 8.42 Å². The second kappa shape index (κ2) is 14.6. The highest BCUT2D eigenvalue weighted by Gasteiger charge is 2.35. The lowest BCUT2D eigenvalue weighted by atomic mass is 9.95. The standard InChI is InChI=1S/C34H43N3O5S/c1-5-31(34(39)35-28-14-7-6-8-15-28)36(23-27-13-11-16-29(22-27)42-4)33(38)24-37(32-17-10-9-12-26(32)3)43(40,41)30-20-18-25(2)19-21-30/h9-13,16-22,28,31H,5-8,14-15,23-24H2,1-4H3,(H,35,39)/t31-/m0/s1. The summed E-state index contributed by atoms with van der Waals surface area (Å²) in [7, 11) is -2.54. The number of nitrogens with one attached hydrogen (secondary N) is 1. The van der Waals surface area contributed by atoms with E-state index in [1.165, 1.54) is 9.21 Å². The van der Waals surface area contributed by atoms with Gasteiger partial charge in [-0.15, -0.1) is 0 Å². The Morgan fingerprint density at radius 2 is 1.65 bits per heavy atom. The van der Waals surface area contributed by atoms with Crippen molar-refractivity contribution in [1.82, 2.24) is 10.2 Å². The van der Waals surface area contributed by atoms with Gasteiger partial charge in [-0.2, -0.15) is 0 Å². The number of para-hydroxylation sites is 1. The van der Waals surface area contributed by atoms with E-state index in [0.29, 0.717) is 23.4 Å². The summed E-state index contributed by atoms with van der Waals surface area (Å²) in [6.07, 6.45) is 5.51. The van der Waals surface area contributed by atoms with Crippen LogP contribution in [0.1, 0.15) is 62.1 Å². The minimum absolute atomic E-state index is 0.0782. The fraction of sp³-hybridized carbons (Fsp3) is 0.412. The van der Waals surface area contributed by atoms with E-state index in [9.17, 15) is 18.0 Å². The molecule has 0 unspecified atom stereocenters. The molecule has 0 saturated heterocycles. The number of hydrogen-bond donors (Lipinski definition) is 1. The van der Waals surface area contributed by atoms with Crippen LogP contribution in [0.2, 0.25) is 0 Å². The van der Waals surface area contributed by atoms with Gasteiger partial charge in [-0.3, -0.25) is 13.9 Å². The number of amides is 2. The molecule has 4 rings (SSSR count). The minimum Gasteiger partial charge on any atom is -0.497 e. The van der Waals surface area contributed by atoms with Crippen LogP contribution in [0, 0.1) is 13.8 Å². The molecule has 1 atom stereocenters. The van der Waals surface area contributed by atoms with Gasteiger partial charge in [0, 0.05) is 12.6 Å². The number of carbonyl (C=O) groups is 2. The molecule has 0 radical (unpaired) electrons. The van der Waals surface area contributed by atoms with Crippen molar-refractivity contribution in [2.24, 2.45) is 0 Å². The zero-order valence-electron chi connectivity index (χ0n) is 25.6. The summed E-state index contributed by atoms with van der Waals surface area (Å²) in [5.41, 5.74) is 2.84. The van der Waals surface area contributed by atoms with Gasteiger partial charge in [0.15, 0.2) is 0 Å². The van der Waals surface area contributed by atoms with Crippen LogP contribution in [0.15, 0.2) is 77.7 Å². The highest BCUT2D eigenvalue weighted by atomic mass is 32.2. The average Bonchev–Trinajstić information content (AvgIpc) is 3.01. The Bertz CT molecular complexity index is 1500. The van der Waals surface area contributed by atoms with Crippen molar-refractivity contribution in [3.8, 4) is 5.75 Å². The van der Waals surface area contributed by atoms with Crippen LogP contribution < -0.4 is 14.4 Å². The van der Waals surface area contributed by atoms with Gasteiger partial charge in [0.1, 0.15) is 18.3 Å². The first-order valence-corrected chi connectivity index (χ1v) is 16.5. The number of aryl methyl sites for hydroxylation is 2. The first kappa shape index (κ1) is 32.1. The molecule has 0 aliphatic heterocycles. The van der Waals surface area contributed by atoms with Crippen LogP contribution in [0.4, 0.5) is 5.69 Å². The Hall–Kier alpha value is -3.85. The largest absolute Gasteiger partial charge is 0.497 e. The van der Waals surface area contributed by atoms with Crippen LogP contribution >= 0.6 is 0 Å². The molecule has 0 spiro atoms. The van der Waals surface area contributed by atoms with Crippen LogP contribution in [0.5, 0.6) is 5.75 Å². The molecule has 3 aromatic rings. The highest BCUT2D eigenvalue weighted by Crippen LogP contribution is 2.28. The molecule has 1 N–H and O–H groups in total. The maximum absolute atomic E-state index is 14.3. The molecule has 2 amide bonds. The third-order valence-corrected chi connectivity index (χ3v) is 9.87. The number of anilines is 1. The molecule has 1 aliphatic carbocycles. The fourth-order valence-electron chi connectivity index (χ4n) is 5.63. The fourth-order valence-corrected chi connectivity index (χ4v) is 7.10. The predicted molar refractivity (Wildman–Crippen MR) is 170 cm³/mol. The lowest BCUT2D eigenvalue weighted by molar-refractivity contribution is -0.140. The Morgan fingerprint density at radius 1 is 0.953 bits per heavy atom. The van der Waals surface area contributed by atoms with Gasteiger partial charge < -0.3 is 15.0 Å². The predicted octanol–water partition coefficient (Wildman–Crippen LogP) is 5.76. The normalized spacial score (nSPS) is 14.5. The SMILES string of the molecule is CC[C@@H](C(=O)NC1CCCCC1)N(Cc1cccc(OC)c1)C(=O)CN(c1ccccc1C)S(=O)(=O)c1ccc(C)cc1. The van der Waals surface area contributed by atoms with Crippen molar-refractivity contribution in [1.29, 1.82) is 0 Å². The van der Waals surface area contributed by atoms with E-state index in [4.69, 9.17) is 4.74 Å². The molecule has 230 valence electrons. The molecule has 0 aromatic heterocycles. The molecule has 0 heterocycles. The van der Waals surface area contributed by atoms with Gasteiger partial charge in [-0.1, -0.05) is 74.2 Å². The van der Waals surface area contributed by atoms with E-state index in [0.717, 1.165) is 43.2 Å². The zero-order chi connectivity index (χ0) is 31.0. The number of benzene rings is 3. The Balaban J connectivity index is 1.72. The average molecular weight is 606 g/mol. The monoisotopic (exact) mass is 605 g/mol. The van der Waals surface area contributed by atoms with E-state index in [2.05, 4.69) is 5.32 Å². The summed E-state index contributed by atoms with van der Waals surface area (Å²) in [4.78, 5) is 29.6. The third-order valence-electron chi connectivity index (χ3n) is 8.10. The smallest absolute Gasteiger partial charge is 0.264 e. The first-order valence-electron chi connectivity index (χ1n) is 15.0. The van der Waals surface area contributed by atoms with E-state index in [1.54, 1.807) is 43.5 Å². The molecule has 1 aliphatic rings. The Labute approximate surface area is 256 Å². The molecule has 1 saturated carbocycles. The molecular weight excluding hydrogens is 562 g/mol. The van der Waals surface area contributed by atoms with Crippen LogP contribution in [0.25, 0.3) is 0 Å². The Morgan fingerprint density at radius 3 is 2.30 bits per heavy atom. The number of carbonyl (C=O) groups excluding carboxylic acids is 2. The number of methoxy groups -OCH3 is 1. The summed E-state index contributed by atoms with van der Waals surface area (Å²) in [6.45, 7) is 5.24. The second-order valence-electron chi connectivity index (χ2n) is 11.3. The number of hydrogen-bond acceptors (Lipinski definition) is 5. The van der Waals surface area contributed by atoms with Crippen LogP contribution in [0.3, 0.4) is 0 Å². The third kappa shape index (κ3) is 7.96. The molecular formula is C34H43N3O5S. The zero-order valence-corrected chi connectivity index (χ0v) is 26.4. The summed E-state index contributed by atoms with van der Waals surface area (Å²) in [5.74, 6) is -0.0463. The van der Waals surface area contributed by atoms with Crippen LogP contribution in [-0.4, -0.2) is 50.9 Å². The van der Waals surface area contributed by atoms with E-state index in [1.807, 2.05) is 57.2 Å². The van der Waals surface area contributed by atoms with Crippen molar-refractivity contribution >= 4 is 27.5 Å². The summed E-state index contributed by atoms with van der Waals surface area (Å²) >= 11 is 0. The van der Waals surface area contributed by atoms with Crippen molar-refractivity contribution < 1.29 is 22.7 Å². The number of ether oxygens (including phenoxy) is 1. The van der Waals surface area contributed by atoms with Crippen molar-refractivity contribution in [3.63, 3.8) is 0 Å². The summed E-state index contributed by atoms with van der Waals surface area (Å²) in [6, 6.07) is 20.3. The van der Waals surface area contributed by atoms with Crippen molar-refractivity contribution in [2.75, 3.05) is 18.0 Å². The van der Waals surface area contributed by atoms with E-state index in [-0.39, 0.29) is 23.4 Å². The quantitative estimate of drug-likeness (QED) is 0.283. The van der Waals surface area contributed by atoms with Gasteiger partial charge in [0.25, 0.3) is 10.0 Å².